The molecule has 1 aromatic heterocycles. The van der Waals surface area contributed by atoms with Gasteiger partial charge in [-0.2, -0.15) is 0 Å². The molecule has 0 aliphatic carbocycles. The Morgan fingerprint density at radius 2 is 1.79 bits per heavy atom. The van der Waals surface area contributed by atoms with E-state index in [0.29, 0.717) is 16.6 Å². The fourth-order valence-electron chi connectivity index (χ4n) is 3.96. The molecule has 1 spiro atoms. The summed E-state index contributed by atoms with van der Waals surface area (Å²) in [6.07, 6.45) is 1.23. The average Bonchev–Trinajstić information content (AvgIpc) is 3.24. The summed E-state index contributed by atoms with van der Waals surface area (Å²) >= 11 is 12.2. The molecule has 0 radical (unpaired) electrons. The van der Waals surface area contributed by atoms with Crippen LogP contribution in [0.3, 0.4) is 0 Å². The first-order valence-corrected chi connectivity index (χ1v) is 9.94. The molecule has 2 aromatic carbocycles. The molecule has 2 saturated heterocycles. The second-order valence-electron chi connectivity index (χ2n) is 7.30. The molecule has 1 N–H and O–H groups in total. The quantitative estimate of drug-likeness (QED) is 0.647. The summed E-state index contributed by atoms with van der Waals surface area (Å²) in [5.74, 6) is 0.785. The van der Waals surface area contributed by atoms with Crippen LogP contribution in [0.15, 0.2) is 42.5 Å². The van der Waals surface area contributed by atoms with Crippen LogP contribution in [0.1, 0.15) is 12.8 Å². The number of amides is 1. The molecule has 28 heavy (non-hydrogen) atoms. The predicted octanol–water partition coefficient (Wildman–Crippen LogP) is 4.87. The van der Waals surface area contributed by atoms with Crippen molar-refractivity contribution in [2.75, 3.05) is 29.4 Å². The zero-order valence-electron chi connectivity index (χ0n) is 15.0. The van der Waals surface area contributed by atoms with Crippen LogP contribution in [0.25, 0.3) is 11.0 Å². The van der Waals surface area contributed by atoms with Crippen molar-refractivity contribution in [1.29, 1.82) is 0 Å². The normalized spacial score (nSPS) is 18.9. The van der Waals surface area contributed by atoms with Crippen molar-refractivity contribution in [2.24, 2.45) is 0 Å². The maximum absolute atomic E-state index is 12.4. The minimum Gasteiger partial charge on any atom is -0.440 e. The number of fused-ring (bicyclic) bond motifs is 1. The van der Waals surface area contributed by atoms with E-state index < -0.39 is 5.60 Å². The summed E-state index contributed by atoms with van der Waals surface area (Å²) in [5.41, 5.74) is 2.07. The van der Waals surface area contributed by atoms with Gasteiger partial charge < -0.3 is 14.6 Å². The van der Waals surface area contributed by atoms with Gasteiger partial charge in [0.1, 0.15) is 5.60 Å². The summed E-state index contributed by atoms with van der Waals surface area (Å²) in [7, 11) is 0. The summed E-state index contributed by atoms with van der Waals surface area (Å²) in [6.45, 7) is 2.07. The van der Waals surface area contributed by atoms with E-state index in [1.54, 1.807) is 17.0 Å². The van der Waals surface area contributed by atoms with Crippen molar-refractivity contribution in [3.05, 3.63) is 52.5 Å². The lowest BCUT2D eigenvalue weighted by atomic mass is 9.91. The summed E-state index contributed by atoms with van der Waals surface area (Å²) < 4.78 is 5.83. The lowest BCUT2D eigenvalue weighted by Gasteiger charge is -2.37. The van der Waals surface area contributed by atoms with Gasteiger partial charge in [-0.25, -0.2) is 9.78 Å². The van der Waals surface area contributed by atoms with Gasteiger partial charge in [0.25, 0.3) is 0 Å². The largest absolute Gasteiger partial charge is 0.440 e. The first-order valence-electron chi connectivity index (χ1n) is 9.18. The van der Waals surface area contributed by atoms with E-state index in [9.17, 15) is 4.79 Å². The van der Waals surface area contributed by atoms with Crippen molar-refractivity contribution >= 4 is 52.0 Å². The van der Waals surface area contributed by atoms with Gasteiger partial charge in [0.05, 0.1) is 27.6 Å². The van der Waals surface area contributed by atoms with E-state index >= 15 is 0 Å². The van der Waals surface area contributed by atoms with Gasteiger partial charge in [-0.3, -0.25) is 4.90 Å². The highest BCUT2D eigenvalue weighted by molar-refractivity contribution is 6.42. The number of imidazole rings is 1. The van der Waals surface area contributed by atoms with Gasteiger partial charge in [0.15, 0.2) is 0 Å². The number of aromatic nitrogens is 2. The Bertz CT molecular complexity index is 1010. The van der Waals surface area contributed by atoms with E-state index in [1.807, 2.05) is 30.3 Å². The number of para-hydroxylation sites is 1. The third kappa shape index (κ3) is 2.97. The number of hydrogen-bond donors (Lipinski definition) is 1. The van der Waals surface area contributed by atoms with Gasteiger partial charge >= 0.3 is 6.09 Å². The molecule has 0 atom stereocenters. The molecule has 0 bridgehead atoms. The minimum atomic E-state index is -0.442. The van der Waals surface area contributed by atoms with Crippen LogP contribution in [0.2, 0.25) is 10.0 Å². The number of benzene rings is 2. The van der Waals surface area contributed by atoms with E-state index in [4.69, 9.17) is 27.9 Å². The molecule has 0 saturated carbocycles. The number of rotatable bonds is 2. The van der Waals surface area contributed by atoms with E-state index in [1.165, 1.54) is 0 Å². The number of ether oxygens (including phenoxy) is 1. The molecule has 8 heteroatoms. The monoisotopic (exact) mass is 416 g/mol. The molecule has 6 nitrogen and oxygen atoms in total. The molecule has 2 aliphatic heterocycles. The smallest absolute Gasteiger partial charge is 0.415 e. The Labute approximate surface area is 172 Å². The Kier molecular flexibility index (Phi) is 4.14. The Balaban J connectivity index is 1.32. The number of carbonyl (C=O) groups is 1. The first-order chi connectivity index (χ1) is 13.5. The van der Waals surface area contributed by atoms with E-state index in [0.717, 1.165) is 48.6 Å². The number of piperidine rings is 1. The molecule has 3 heterocycles. The molecule has 0 unspecified atom stereocenters. The molecule has 3 aromatic rings. The van der Waals surface area contributed by atoms with Gasteiger partial charge in [0, 0.05) is 31.6 Å². The maximum atomic E-state index is 12.4. The molecule has 1 amide bonds. The number of halogens is 2. The number of nitrogens with one attached hydrogen (secondary N) is 1. The van der Waals surface area contributed by atoms with Crippen LogP contribution in [0, 0.1) is 0 Å². The van der Waals surface area contributed by atoms with Crippen molar-refractivity contribution in [3.63, 3.8) is 0 Å². The van der Waals surface area contributed by atoms with Crippen LogP contribution >= 0.6 is 23.2 Å². The number of H-pyrrole nitrogens is 1. The van der Waals surface area contributed by atoms with Crippen molar-refractivity contribution < 1.29 is 9.53 Å². The number of carbonyl (C=O) groups excluding carboxylic acids is 1. The van der Waals surface area contributed by atoms with E-state index in [-0.39, 0.29) is 6.09 Å². The number of nitrogens with zero attached hydrogens (tertiary/aromatic N) is 3. The molecule has 2 fully saturated rings. The fourth-order valence-corrected chi connectivity index (χ4v) is 4.28. The Morgan fingerprint density at radius 1 is 1.07 bits per heavy atom. The second-order valence-corrected chi connectivity index (χ2v) is 8.12. The average molecular weight is 417 g/mol. The zero-order valence-corrected chi connectivity index (χ0v) is 16.5. The maximum Gasteiger partial charge on any atom is 0.415 e. The lowest BCUT2D eigenvalue weighted by molar-refractivity contribution is 0.0365. The van der Waals surface area contributed by atoms with Crippen LogP contribution in [0.4, 0.5) is 16.4 Å². The molecule has 5 rings (SSSR count). The lowest BCUT2D eigenvalue weighted by Crippen LogP contribution is -2.47. The minimum absolute atomic E-state index is 0.271. The van der Waals surface area contributed by atoms with Crippen LogP contribution in [-0.2, 0) is 4.74 Å². The number of anilines is 2. The summed E-state index contributed by atoms with van der Waals surface area (Å²) in [5, 5.41) is 0.990. The number of aromatic amines is 1. The summed E-state index contributed by atoms with van der Waals surface area (Å²) in [4.78, 5) is 24.3. The topological polar surface area (TPSA) is 61.5 Å². The predicted molar refractivity (Wildman–Crippen MR) is 111 cm³/mol. The highest BCUT2D eigenvalue weighted by Gasteiger charge is 2.47. The van der Waals surface area contributed by atoms with E-state index in [2.05, 4.69) is 14.9 Å². The zero-order chi connectivity index (χ0) is 19.3. The van der Waals surface area contributed by atoms with Crippen molar-refractivity contribution in [1.82, 2.24) is 9.97 Å². The van der Waals surface area contributed by atoms with Gasteiger partial charge in [-0.15, -0.1) is 0 Å². The highest BCUT2D eigenvalue weighted by Crippen LogP contribution is 2.37. The van der Waals surface area contributed by atoms with Crippen LogP contribution < -0.4 is 9.80 Å². The third-order valence-corrected chi connectivity index (χ3v) is 6.25. The third-order valence-electron chi connectivity index (χ3n) is 5.52. The fraction of sp³-hybridized carbons (Fsp3) is 0.300. The van der Waals surface area contributed by atoms with Gasteiger partial charge in [0.2, 0.25) is 5.95 Å². The van der Waals surface area contributed by atoms with Crippen molar-refractivity contribution in [2.45, 2.75) is 18.4 Å². The van der Waals surface area contributed by atoms with Crippen LogP contribution in [0.5, 0.6) is 0 Å². The molecular weight excluding hydrogens is 399 g/mol. The van der Waals surface area contributed by atoms with Crippen LogP contribution in [-0.4, -0.2) is 41.3 Å². The Morgan fingerprint density at radius 3 is 2.54 bits per heavy atom. The van der Waals surface area contributed by atoms with Gasteiger partial charge in [-0.1, -0.05) is 41.4 Å². The first kappa shape index (κ1) is 17.6. The summed E-state index contributed by atoms with van der Waals surface area (Å²) in [6, 6.07) is 13.2. The second kappa shape index (κ2) is 6.57. The SMILES string of the molecule is O=C1OC2(CCN(c3nc4cc(Cl)c(Cl)cc4[nH]3)CC2)CN1c1ccccc1. The molecular formula is C20H18Cl2N4O2. The van der Waals surface area contributed by atoms with Crippen molar-refractivity contribution in [3.8, 4) is 0 Å². The van der Waals surface area contributed by atoms with Gasteiger partial charge in [-0.05, 0) is 24.3 Å². The molecule has 144 valence electrons. The highest BCUT2D eigenvalue weighted by atomic mass is 35.5. The number of hydrogen-bond acceptors (Lipinski definition) is 4. The standard InChI is InChI=1S/C20H18Cl2N4O2/c21-14-10-16-17(11-15(14)22)24-18(23-16)25-8-6-20(7-9-25)12-26(19(27)28-20)13-4-2-1-3-5-13/h1-5,10-11H,6-9,12H2,(H,23,24). The molecule has 2 aliphatic rings. The Hall–Kier alpha value is -2.44.